The SMILES string of the molecule is Cc1cc(C)n2nc(C)c(C(=O)NC3C4CCCC3CC(N)C4)c2n1. The molecule has 0 aromatic carbocycles. The summed E-state index contributed by atoms with van der Waals surface area (Å²) in [7, 11) is 0. The van der Waals surface area contributed by atoms with Crippen LogP contribution in [0.2, 0.25) is 0 Å². The second-order valence-corrected chi connectivity index (χ2v) is 7.92. The Kier molecular flexibility index (Phi) is 4.02. The number of carbonyl (C=O) groups is 1. The van der Waals surface area contributed by atoms with Crippen molar-refractivity contribution in [1.82, 2.24) is 19.9 Å². The van der Waals surface area contributed by atoms with E-state index in [0.29, 0.717) is 23.0 Å². The molecule has 3 N–H and O–H groups in total. The van der Waals surface area contributed by atoms with E-state index in [4.69, 9.17) is 5.73 Å². The lowest BCUT2D eigenvalue weighted by atomic mass is 9.67. The van der Waals surface area contributed by atoms with Crippen LogP contribution < -0.4 is 11.1 Å². The number of amides is 1. The Morgan fingerprint density at radius 2 is 1.92 bits per heavy atom. The monoisotopic (exact) mass is 341 g/mol. The van der Waals surface area contributed by atoms with Gasteiger partial charge in [-0.05, 0) is 64.4 Å². The van der Waals surface area contributed by atoms with Crippen LogP contribution in [0.25, 0.3) is 5.65 Å². The van der Waals surface area contributed by atoms with Crippen molar-refractivity contribution in [3.05, 3.63) is 28.7 Å². The van der Waals surface area contributed by atoms with Crippen LogP contribution in [-0.2, 0) is 0 Å². The van der Waals surface area contributed by atoms with Crippen LogP contribution in [0.3, 0.4) is 0 Å². The van der Waals surface area contributed by atoms with Crippen molar-refractivity contribution in [1.29, 1.82) is 0 Å². The van der Waals surface area contributed by atoms with Crippen LogP contribution in [0.4, 0.5) is 0 Å². The number of hydrogen-bond donors (Lipinski definition) is 2. The molecule has 134 valence electrons. The molecule has 2 unspecified atom stereocenters. The average molecular weight is 341 g/mol. The third-order valence-corrected chi connectivity index (χ3v) is 5.97. The van der Waals surface area contributed by atoms with Crippen molar-refractivity contribution in [3.8, 4) is 0 Å². The minimum atomic E-state index is -0.0395. The predicted molar refractivity (Wildman–Crippen MR) is 96.5 cm³/mol. The third-order valence-electron chi connectivity index (χ3n) is 5.97. The molecule has 2 saturated carbocycles. The largest absolute Gasteiger partial charge is 0.349 e. The number of hydrogen-bond acceptors (Lipinski definition) is 4. The molecule has 2 aliphatic rings. The minimum Gasteiger partial charge on any atom is -0.349 e. The number of rotatable bonds is 2. The maximum Gasteiger partial charge on any atom is 0.257 e. The summed E-state index contributed by atoms with van der Waals surface area (Å²) in [6.45, 7) is 5.82. The quantitative estimate of drug-likeness (QED) is 0.877. The molecule has 2 fully saturated rings. The first-order chi connectivity index (χ1) is 11.9. The minimum absolute atomic E-state index is 0.0395. The normalized spacial score (nSPS) is 29.0. The first-order valence-corrected chi connectivity index (χ1v) is 9.34. The number of fused-ring (bicyclic) bond motifs is 3. The fourth-order valence-electron chi connectivity index (χ4n) is 4.94. The zero-order valence-electron chi connectivity index (χ0n) is 15.2. The van der Waals surface area contributed by atoms with Crippen LogP contribution in [-0.4, -0.2) is 32.6 Å². The van der Waals surface area contributed by atoms with Gasteiger partial charge in [0, 0.05) is 23.5 Å². The maximum absolute atomic E-state index is 13.1. The Labute approximate surface area is 148 Å². The fraction of sp³-hybridized carbons (Fsp3) is 0.632. The van der Waals surface area contributed by atoms with Crippen molar-refractivity contribution in [2.45, 2.75) is 65.0 Å². The van der Waals surface area contributed by atoms with Gasteiger partial charge in [-0.3, -0.25) is 4.79 Å². The van der Waals surface area contributed by atoms with Crippen molar-refractivity contribution >= 4 is 11.6 Å². The van der Waals surface area contributed by atoms with Crippen molar-refractivity contribution < 1.29 is 4.79 Å². The van der Waals surface area contributed by atoms with E-state index in [1.54, 1.807) is 4.52 Å². The lowest BCUT2D eigenvalue weighted by Crippen LogP contribution is -2.53. The van der Waals surface area contributed by atoms with E-state index in [-0.39, 0.29) is 18.0 Å². The van der Waals surface area contributed by atoms with E-state index in [1.165, 1.54) is 19.3 Å². The molecule has 1 amide bonds. The number of nitrogens with one attached hydrogen (secondary N) is 1. The van der Waals surface area contributed by atoms with Gasteiger partial charge in [-0.1, -0.05) is 6.42 Å². The maximum atomic E-state index is 13.1. The predicted octanol–water partition coefficient (Wildman–Crippen LogP) is 2.29. The summed E-state index contributed by atoms with van der Waals surface area (Å²) < 4.78 is 1.77. The molecular formula is C19H27N5O. The molecular weight excluding hydrogens is 314 g/mol. The van der Waals surface area contributed by atoms with E-state index in [1.807, 2.05) is 26.8 Å². The van der Waals surface area contributed by atoms with Crippen molar-refractivity contribution in [2.75, 3.05) is 0 Å². The van der Waals surface area contributed by atoms with Gasteiger partial charge in [0.1, 0.15) is 5.56 Å². The van der Waals surface area contributed by atoms with Crippen molar-refractivity contribution in [2.24, 2.45) is 17.6 Å². The Balaban J connectivity index is 1.66. The number of nitrogens with zero attached hydrogens (tertiary/aromatic N) is 3. The summed E-state index contributed by atoms with van der Waals surface area (Å²) in [5, 5.41) is 7.85. The van der Waals surface area contributed by atoms with Gasteiger partial charge in [-0.2, -0.15) is 5.10 Å². The second-order valence-electron chi connectivity index (χ2n) is 7.92. The average Bonchev–Trinajstić information content (AvgIpc) is 2.84. The molecule has 4 rings (SSSR count). The molecule has 6 nitrogen and oxygen atoms in total. The van der Waals surface area contributed by atoms with Gasteiger partial charge in [0.15, 0.2) is 5.65 Å². The smallest absolute Gasteiger partial charge is 0.257 e. The zero-order chi connectivity index (χ0) is 17.7. The molecule has 2 aliphatic carbocycles. The van der Waals surface area contributed by atoms with E-state index in [9.17, 15) is 4.79 Å². The topological polar surface area (TPSA) is 85.3 Å². The lowest BCUT2D eigenvalue weighted by Gasteiger charge is -2.45. The van der Waals surface area contributed by atoms with Crippen LogP contribution in [0.5, 0.6) is 0 Å². The van der Waals surface area contributed by atoms with Crippen LogP contribution >= 0.6 is 0 Å². The van der Waals surface area contributed by atoms with Gasteiger partial charge in [-0.15, -0.1) is 0 Å². The highest BCUT2D eigenvalue weighted by Gasteiger charge is 2.40. The second kappa shape index (κ2) is 6.09. The van der Waals surface area contributed by atoms with Gasteiger partial charge < -0.3 is 11.1 Å². The van der Waals surface area contributed by atoms with Crippen LogP contribution in [0.1, 0.15) is 59.5 Å². The molecule has 2 atom stereocenters. The summed E-state index contributed by atoms with van der Waals surface area (Å²) in [6, 6.07) is 2.50. The van der Waals surface area contributed by atoms with Gasteiger partial charge in [0.25, 0.3) is 5.91 Å². The molecule has 0 aliphatic heterocycles. The zero-order valence-corrected chi connectivity index (χ0v) is 15.2. The standard InChI is InChI=1S/C19H27N5O/c1-10-7-11(2)24-18(21-10)16(12(3)23-24)19(25)22-17-13-5-4-6-14(17)9-15(20)8-13/h7,13-15,17H,4-6,8-9,20H2,1-3H3,(H,22,25). The molecule has 2 aromatic rings. The number of nitrogens with two attached hydrogens (primary N) is 1. The molecule has 0 spiro atoms. The highest BCUT2D eigenvalue weighted by Crippen LogP contribution is 2.39. The molecule has 2 aromatic heterocycles. The Morgan fingerprint density at radius 3 is 2.60 bits per heavy atom. The van der Waals surface area contributed by atoms with E-state index in [0.717, 1.165) is 29.9 Å². The van der Waals surface area contributed by atoms with E-state index < -0.39 is 0 Å². The van der Waals surface area contributed by atoms with E-state index >= 15 is 0 Å². The van der Waals surface area contributed by atoms with E-state index in [2.05, 4.69) is 15.4 Å². The molecule has 2 heterocycles. The Morgan fingerprint density at radius 1 is 1.24 bits per heavy atom. The summed E-state index contributed by atoms with van der Waals surface area (Å²) in [5.74, 6) is 0.970. The first kappa shape index (κ1) is 16.5. The van der Waals surface area contributed by atoms with Gasteiger partial charge in [0.05, 0.1) is 5.69 Å². The number of aromatic nitrogens is 3. The highest BCUT2D eigenvalue weighted by atomic mass is 16.1. The molecule has 6 heteroatoms. The molecule has 0 radical (unpaired) electrons. The summed E-state index contributed by atoms with van der Waals surface area (Å²) in [4.78, 5) is 17.7. The summed E-state index contributed by atoms with van der Waals surface area (Å²) in [5.41, 5.74) is 10.1. The number of carbonyl (C=O) groups excluding carboxylic acids is 1. The van der Waals surface area contributed by atoms with Gasteiger partial charge in [0.2, 0.25) is 0 Å². The Hall–Kier alpha value is -1.95. The molecule has 0 saturated heterocycles. The Bertz CT molecular complexity index is 813. The van der Waals surface area contributed by atoms with Crippen LogP contribution in [0, 0.1) is 32.6 Å². The lowest BCUT2D eigenvalue weighted by molar-refractivity contribution is 0.0756. The highest BCUT2D eigenvalue weighted by molar-refractivity contribution is 6.01. The summed E-state index contributed by atoms with van der Waals surface area (Å²) >= 11 is 0. The number of aryl methyl sites for hydroxylation is 3. The molecule has 2 bridgehead atoms. The summed E-state index contributed by atoms with van der Waals surface area (Å²) in [6.07, 6.45) is 5.63. The van der Waals surface area contributed by atoms with Gasteiger partial charge in [-0.25, -0.2) is 9.50 Å². The fourth-order valence-corrected chi connectivity index (χ4v) is 4.94. The molecule has 25 heavy (non-hydrogen) atoms. The van der Waals surface area contributed by atoms with Gasteiger partial charge >= 0.3 is 0 Å². The first-order valence-electron chi connectivity index (χ1n) is 9.34. The third kappa shape index (κ3) is 2.82. The van der Waals surface area contributed by atoms with Crippen molar-refractivity contribution in [3.63, 3.8) is 0 Å². The van der Waals surface area contributed by atoms with Crippen LogP contribution in [0.15, 0.2) is 6.07 Å².